The fourth-order valence-corrected chi connectivity index (χ4v) is 1.23. The van der Waals surface area contributed by atoms with Crippen molar-refractivity contribution in [1.82, 2.24) is 0 Å². The summed E-state index contributed by atoms with van der Waals surface area (Å²) in [6, 6.07) is 10.1. The Hall–Kier alpha value is -1.08. The minimum absolute atomic E-state index is 0.361. The van der Waals surface area contributed by atoms with Gasteiger partial charge in [-0.3, -0.25) is 0 Å². The van der Waals surface area contributed by atoms with Gasteiger partial charge in [-0.15, -0.1) is 0 Å². The van der Waals surface area contributed by atoms with Gasteiger partial charge in [-0.25, -0.2) is 0 Å². The Balaban J connectivity index is 3.03. The minimum atomic E-state index is -0.361. The van der Waals surface area contributed by atoms with E-state index in [2.05, 4.69) is 12.1 Å². The SMILES string of the molecule is C/C(=C(\C)[C@H](C)O)c1ccccc1. The summed E-state index contributed by atoms with van der Waals surface area (Å²) in [5.74, 6) is 0. The first-order valence-electron chi connectivity index (χ1n) is 4.53. The first kappa shape index (κ1) is 10.0. The van der Waals surface area contributed by atoms with Crippen molar-refractivity contribution in [3.05, 3.63) is 41.5 Å². The van der Waals surface area contributed by atoms with Gasteiger partial charge in [0.15, 0.2) is 0 Å². The molecule has 13 heavy (non-hydrogen) atoms. The van der Waals surface area contributed by atoms with Crippen LogP contribution < -0.4 is 0 Å². The van der Waals surface area contributed by atoms with Gasteiger partial charge in [0.2, 0.25) is 0 Å². The van der Waals surface area contributed by atoms with E-state index in [0.717, 1.165) is 11.1 Å². The molecule has 0 spiro atoms. The van der Waals surface area contributed by atoms with Crippen molar-refractivity contribution in [3.8, 4) is 0 Å². The van der Waals surface area contributed by atoms with Gasteiger partial charge in [0.1, 0.15) is 0 Å². The van der Waals surface area contributed by atoms with Crippen LogP contribution in [-0.2, 0) is 0 Å². The minimum Gasteiger partial charge on any atom is -0.389 e. The van der Waals surface area contributed by atoms with E-state index < -0.39 is 0 Å². The molecule has 0 aliphatic rings. The van der Waals surface area contributed by atoms with Crippen LogP contribution in [0.2, 0.25) is 0 Å². The molecular weight excluding hydrogens is 160 g/mol. The summed E-state index contributed by atoms with van der Waals surface area (Å²) in [4.78, 5) is 0. The molecule has 0 aliphatic carbocycles. The number of hydrogen-bond donors (Lipinski definition) is 1. The maximum atomic E-state index is 9.39. The lowest BCUT2D eigenvalue weighted by atomic mass is 10.00. The van der Waals surface area contributed by atoms with Gasteiger partial charge in [0.25, 0.3) is 0 Å². The van der Waals surface area contributed by atoms with Crippen LogP contribution in [0.5, 0.6) is 0 Å². The number of rotatable bonds is 2. The third-order valence-electron chi connectivity index (χ3n) is 2.42. The number of aliphatic hydroxyl groups is 1. The molecule has 0 amide bonds. The Bertz CT molecular complexity index is 296. The third-order valence-corrected chi connectivity index (χ3v) is 2.42. The Morgan fingerprint density at radius 1 is 1.15 bits per heavy atom. The normalized spacial score (nSPS) is 15.1. The van der Waals surface area contributed by atoms with Gasteiger partial charge in [-0.05, 0) is 37.5 Å². The Morgan fingerprint density at radius 3 is 2.15 bits per heavy atom. The molecule has 0 aromatic heterocycles. The average Bonchev–Trinajstić information content (AvgIpc) is 2.17. The fraction of sp³-hybridized carbons (Fsp3) is 0.333. The van der Waals surface area contributed by atoms with Crippen LogP contribution in [0.3, 0.4) is 0 Å². The summed E-state index contributed by atoms with van der Waals surface area (Å²) >= 11 is 0. The molecule has 1 rings (SSSR count). The van der Waals surface area contributed by atoms with E-state index in [1.54, 1.807) is 6.92 Å². The van der Waals surface area contributed by atoms with Crippen molar-refractivity contribution in [1.29, 1.82) is 0 Å². The van der Waals surface area contributed by atoms with Crippen molar-refractivity contribution >= 4 is 5.57 Å². The molecule has 1 nitrogen and oxygen atoms in total. The molecule has 0 aliphatic heterocycles. The molecule has 1 aromatic carbocycles. The third kappa shape index (κ3) is 2.43. The highest BCUT2D eigenvalue weighted by molar-refractivity contribution is 5.66. The second-order valence-corrected chi connectivity index (χ2v) is 3.35. The van der Waals surface area contributed by atoms with Gasteiger partial charge in [-0.2, -0.15) is 0 Å². The van der Waals surface area contributed by atoms with E-state index in [1.807, 2.05) is 32.0 Å². The quantitative estimate of drug-likeness (QED) is 0.734. The lowest BCUT2D eigenvalue weighted by Crippen LogP contribution is -2.03. The monoisotopic (exact) mass is 176 g/mol. The Labute approximate surface area is 79.7 Å². The first-order valence-corrected chi connectivity index (χ1v) is 4.53. The first-order chi connectivity index (χ1) is 6.13. The molecule has 0 heterocycles. The lowest BCUT2D eigenvalue weighted by molar-refractivity contribution is 0.232. The van der Waals surface area contributed by atoms with E-state index in [-0.39, 0.29) is 6.10 Å². The predicted molar refractivity (Wildman–Crippen MR) is 56.4 cm³/mol. The van der Waals surface area contributed by atoms with Crippen molar-refractivity contribution in [2.75, 3.05) is 0 Å². The van der Waals surface area contributed by atoms with Crippen LogP contribution in [0.25, 0.3) is 5.57 Å². The molecule has 1 atom stereocenters. The van der Waals surface area contributed by atoms with Crippen LogP contribution in [0, 0.1) is 0 Å². The second kappa shape index (κ2) is 4.24. The van der Waals surface area contributed by atoms with Crippen LogP contribution in [-0.4, -0.2) is 11.2 Å². The molecule has 1 aromatic rings. The Kier molecular flexibility index (Phi) is 3.26. The molecular formula is C12H16O. The average molecular weight is 176 g/mol. The zero-order valence-corrected chi connectivity index (χ0v) is 8.41. The topological polar surface area (TPSA) is 20.2 Å². The maximum Gasteiger partial charge on any atom is 0.0725 e. The van der Waals surface area contributed by atoms with Crippen LogP contribution in [0.15, 0.2) is 35.9 Å². The van der Waals surface area contributed by atoms with E-state index in [4.69, 9.17) is 0 Å². The zero-order chi connectivity index (χ0) is 9.84. The number of hydrogen-bond acceptors (Lipinski definition) is 1. The molecule has 1 N–H and O–H groups in total. The molecule has 0 unspecified atom stereocenters. The largest absolute Gasteiger partial charge is 0.389 e. The lowest BCUT2D eigenvalue weighted by Gasteiger charge is -2.10. The smallest absolute Gasteiger partial charge is 0.0725 e. The molecule has 0 radical (unpaired) electrons. The van der Waals surface area contributed by atoms with Gasteiger partial charge < -0.3 is 5.11 Å². The van der Waals surface area contributed by atoms with Gasteiger partial charge in [0, 0.05) is 0 Å². The molecule has 0 saturated carbocycles. The number of aliphatic hydroxyl groups excluding tert-OH is 1. The zero-order valence-electron chi connectivity index (χ0n) is 8.41. The summed E-state index contributed by atoms with van der Waals surface area (Å²) < 4.78 is 0. The van der Waals surface area contributed by atoms with Crippen LogP contribution in [0.4, 0.5) is 0 Å². The summed E-state index contributed by atoms with van der Waals surface area (Å²) in [6.45, 7) is 5.80. The second-order valence-electron chi connectivity index (χ2n) is 3.35. The van der Waals surface area contributed by atoms with Gasteiger partial charge >= 0.3 is 0 Å². The summed E-state index contributed by atoms with van der Waals surface area (Å²) in [5, 5.41) is 9.39. The summed E-state index contributed by atoms with van der Waals surface area (Å²) in [5.41, 5.74) is 3.38. The van der Waals surface area contributed by atoms with E-state index in [0.29, 0.717) is 0 Å². The highest BCUT2D eigenvalue weighted by Gasteiger charge is 2.04. The standard InChI is InChI=1S/C12H16O/c1-9(11(3)13)10(2)12-7-5-4-6-8-12/h4-8,11,13H,1-3H3/b10-9-/t11-/m0/s1. The van der Waals surface area contributed by atoms with E-state index in [9.17, 15) is 5.11 Å². The highest BCUT2D eigenvalue weighted by Crippen LogP contribution is 2.19. The van der Waals surface area contributed by atoms with Crippen molar-refractivity contribution < 1.29 is 5.11 Å². The maximum absolute atomic E-state index is 9.39. The van der Waals surface area contributed by atoms with Gasteiger partial charge in [-0.1, -0.05) is 30.3 Å². The number of allylic oxidation sites excluding steroid dienone is 1. The number of benzene rings is 1. The molecule has 0 bridgehead atoms. The summed E-state index contributed by atoms with van der Waals surface area (Å²) in [7, 11) is 0. The van der Waals surface area contributed by atoms with E-state index >= 15 is 0 Å². The van der Waals surface area contributed by atoms with Gasteiger partial charge in [0.05, 0.1) is 6.10 Å². The molecule has 70 valence electrons. The molecule has 0 fully saturated rings. The Morgan fingerprint density at radius 2 is 1.69 bits per heavy atom. The van der Waals surface area contributed by atoms with E-state index in [1.165, 1.54) is 5.56 Å². The molecule has 0 saturated heterocycles. The fourth-order valence-electron chi connectivity index (χ4n) is 1.23. The van der Waals surface area contributed by atoms with Crippen LogP contribution >= 0.6 is 0 Å². The summed E-state index contributed by atoms with van der Waals surface area (Å²) in [6.07, 6.45) is -0.361. The molecule has 1 heteroatoms. The van der Waals surface area contributed by atoms with Crippen molar-refractivity contribution in [2.45, 2.75) is 26.9 Å². The van der Waals surface area contributed by atoms with Crippen molar-refractivity contribution in [3.63, 3.8) is 0 Å². The predicted octanol–water partition coefficient (Wildman–Crippen LogP) is 2.86. The highest BCUT2D eigenvalue weighted by atomic mass is 16.3. The van der Waals surface area contributed by atoms with Crippen molar-refractivity contribution in [2.24, 2.45) is 0 Å². The van der Waals surface area contributed by atoms with Crippen LogP contribution in [0.1, 0.15) is 26.3 Å².